The van der Waals surface area contributed by atoms with Gasteiger partial charge < -0.3 is 20.1 Å². The Morgan fingerprint density at radius 3 is 2.12 bits per heavy atom. The van der Waals surface area contributed by atoms with Crippen LogP contribution in [0.1, 0.15) is 42.4 Å². The van der Waals surface area contributed by atoms with Crippen LogP contribution < -0.4 is 5.32 Å². The number of piperidine rings is 1. The molecule has 1 saturated heterocycles. The van der Waals surface area contributed by atoms with Gasteiger partial charge in [0, 0.05) is 24.8 Å². The number of aliphatic carboxylic acids is 1. The van der Waals surface area contributed by atoms with Gasteiger partial charge in [-0.05, 0) is 47.6 Å². The average Bonchev–Trinajstić information content (AvgIpc) is 3.29. The molecule has 8 nitrogen and oxygen atoms in total. The second-order valence-electron chi connectivity index (χ2n) is 10.4. The molecule has 1 aliphatic heterocycles. The van der Waals surface area contributed by atoms with Gasteiger partial charge in [0.1, 0.15) is 24.5 Å². The highest BCUT2D eigenvalue weighted by Gasteiger charge is 2.40. The van der Waals surface area contributed by atoms with Gasteiger partial charge in [0.2, 0.25) is 5.91 Å². The Morgan fingerprint density at radius 1 is 0.925 bits per heavy atom. The van der Waals surface area contributed by atoms with E-state index in [1.165, 1.54) is 11.8 Å². The van der Waals surface area contributed by atoms with Gasteiger partial charge in [-0.3, -0.25) is 9.59 Å². The number of benzene rings is 3. The number of Topliss-reactive ketones (excluding diaryl/α,β-unsaturated/α-hetero) is 1. The van der Waals surface area contributed by atoms with Crippen LogP contribution in [-0.2, 0) is 25.5 Å². The number of carboxylic acids is 1. The number of nitrogens with one attached hydrogen (secondary N) is 1. The molecule has 0 saturated carbocycles. The van der Waals surface area contributed by atoms with E-state index in [9.17, 15) is 24.3 Å². The maximum absolute atomic E-state index is 13.7. The number of carbonyl (C=O) groups excluding carboxylic acids is 3. The first-order valence-electron chi connectivity index (χ1n) is 13.5. The summed E-state index contributed by atoms with van der Waals surface area (Å²) in [4.78, 5) is 52.1. The third-order valence-corrected chi connectivity index (χ3v) is 7.96. The molecular weight excluding hydrogens is 508 g/mol. The zero-order chi connectivity index (χ0) is 28.2. The smallest absolute Gasteiger partial charge is 0.407 e. The molecule has 1 heterocycles. The van der Waals surface area contributed by atoms with Gasteiger partial charge in [0.15, 0.2) is 0 Å². The van der Waals surface area contributed by atoms with Crippen LogP contribution in [0.25, 0.3) is 11.1 Å². The normalized spacial score (nSPS) is 18.8. The molecule has 3 aromatic rings. The van der Waals surface area contributed by atoms with Crippen LogP contribution in [0.5, 0.6) is 0 Å². The lowest BCUT2D eigenvalue weighted by Gasteiger charge is -2.38. The van der Waals surface area contributed by atoms with Crippen LogP contribution in [0.2, 0.25) is 0 Å². The third-order valence-electron chi connectivity index (χ3n) is 7.96. The summed E-state index contributed by atoms with van der Waals surface area (Å²) < 4.78 is 5.69. The van der Waals surface area contributed by atoms with E-state index in [1.807, 2.05) is 66.7 Å². The van der Waals surface area contributed by atoms with Gasteiger partial charge in [-0.15, -0.1) is 0 Å². The summed E-state index contributed by atoms with van der Waals surface area (Å²) in [5.74, 6) is -2.31. The van der Waals surface area contributed by atoms with E-state index in [-0.39, 0.29) is 37.7 Å². The Balaban J connectivity index is 1.32. The number of ketones is 1. The highest BCUT2D eigenvalue weighted by molar-refractivity contribution is 5.90. The Bertz CT molecular complexity index is 1380. The van der Waals surface area contributed by atoms with E-state index in [0.717, 1.165) is 27.8 Å². The number of ether oxygens (including phenoxy) is 1. The molecule has 3 aromatic carbocycles. The Labute approximate surface area is 233 Å². The van der Waals surface area contributed by atoms with Crippen molar-refractivity contribution in [3.8, 4) is 11.1 Å². The SMILES string of the molecule is CC(=O)C1CCN(C(=O)[C@H](Cc2ccccc2)NC(=O)OCC2c3ccccc3-c3ccccc32)[C@H](C(=O)O)C1. The van der Waals surface area contributed by atoms with Gasteiger partial charge in [0.25, 0.3) is 0 Å². The Hall–Kier alpha value is -4.46. The molecule has 2 N–H and O–H groups in total. The summed E-state index contributed by atoms with van der Waals surface area (Å²) in [7, 11) is 0. The van der Waals surface area contributed by atoms with Crippen LogP contribution in [-0.4, -0.2) is 59.0 Å². The van der Waals surface area contributed by atoms with Gasteiger partial charge in [0.05, 0.1) is 0 Å². The molecule has 8 heteroatoms. The van der Waals surface area contributed by atoms with Crippen LogP contribution in [0.3, 0.4) is 0 Å². The predicted molar refractivity (Wildman–Crippen MR) is 149 cm³/mol. The fourth-order valence-corrected chi connectivity index (χ4v) is 5.86. The second-order valence-corrected chi connectivity index (χ2v) is 10.4. The summed E-state index contributed by atoms with van der Waals surface area (Å²) >= 11 is 0. The van der Waals surface area contributed by atoms with Crippen molar-refractivity contribution in [2.75, 3.05) is 13.2 Å². The maximum Gasteiger partial charge on any atom is 0.407 e. The number of likely N-dealkylation sites (tertiary alicyclic amines) is 1. The molecule has 2 aliphatic rings. The molecular formula is C32H32N2O6. The predicted octanol–water partition coefficient (Wildman–Crippen LogP) is 4.42. The monoisotopic (exact) mass is 540 g/mol. The summed E-state index contributed by atoms with van der Waals surface area (Å²) in [5.41, 5.74) is 5.18. The minimum Gasteiger partial charge on any atom is -0.480 e. The summed E-state index contributed by atoms with van der Waals surface area (Å²) in [5, 5.41) is 12.6. The van der Waals surface area contributed by atoms with Crippen molar-refractivity contribution in [2.24, 2.45) is 5.92 Å². The van der Waals surface area contributed by atoms with Gasteiger partial charge >= 0.3 is 12.1 Å². The Kier molecular flexibility index (Phi) is 7.96. The van der Waals surface area contributed by atoms with E-state index < -0.39 is 36.0 Å². The number of hydrogen-bond acceptors (Lipinski definition) is 5. The van der Waals surface area contributed by atoms with E-state index >= 15 is 0 Å². The number of carbonyl (C=O) groups is 4. The lowest BCUT2D eigenvalue weighted by Crippen LogP contribution is -2.57. The fourth-order valence-electron chi connectivity index (χ4n) is 5.86. The molecule has 40 heavy (non-hydrogen) atoms. The minimum atomic E-state index is -1.17. The zero-order valence-corrected chi connectivity index (χ0v) is 22.3. The molecule has 3 atom stereocenters. The molecule has 0 spiro atoms. The first kappa shape index (κ1) is 27.1. The molecule has 1 aliphatic carbocycles. The number of nitrogens with zero attached hydrogens (tertiary/aromatic N) is 1. The van der Waals surface area contributed by atoms with Crippen LogP contribution in [0, 0.1) is 5.92 Å². The highest BCUT2D eigenvalue weighted by Crippen LogP contribution is 2.44. The quantitative estimate of drug-likeness (QED) is 0.438. The van der Waals surface area contributed by atoms with Gasteiger partial charge in [-0.2, -0.15) is 0 Å². The van der Waals surface area contributed by atoms with E-state index in [1.54, 1.807) is 0 Å². The zero-order valence-electron chi connectivity index (χ0n) is 22.3. The maximum atomic E-state index is 13.7. The molecule has 1 unspecified atom stereocenters. The minimum absolute atomic E-state index is 0.0550. The number of hydrogen-bond donors (Lipinski definition) is 2. The molecule has 0 radical (unpaired) electrons. The van der Waals surface area contributed by atoms with Crippen molar-refractivity contribution in [1.82, 2.24) is 10.2 Å². The lowest BCUT2D eigenvalue weighted by atomic mass is 9.87. The third kappa shape index (κ3) is 5.61. The topological polar surface area (TPSA) is 113 Å². The van der Waals surface area contributed by atoms with Crippen molar-refractivity contribution >= 4 is 23.8 Å². The van der Waals surface area contributed by atoms with E-state index in [0.29, 0.717) is 6.42 Å². The van der Waals surface area contributed by atoms with Crippen molar-refractivity contribution in [1.29, 1.82) is 0 Å². The number of alkyl carbamates (subject to hydrolysis) is 1. The molecule has 1 fully saturated rings. The molecule has 0 aromatic heterocycles. The lowest BCUT2D eigenvalue weighted by molar-refractivity contribution is -0.154. The summed E-state index contributed by atoms with van der Waals surface area (Å²) in [6.45, 7) is 1.66. The summed E-state index contributed by atoms with van der Waals surface area (Å²) in [6.07, 6.45) is -0.141. The first-order valence-corrected chi connectivity index (χ1v) is 13.5. The molecule has 0 bridgehead atoms. The fraction of sp³-hybridized carbons (Fsp3) is 0.312. The van der Waals surface area contributed by atoms with Crippen molar-refractivity contribution < 1.29 is 29.0 Å². The average molecular weight is 541 g/mol. The van der Waals surface area contributed by atoms with E-state index in [4.69, 9.17) is 4.74 Å². The number of amides is 2. The molecule has 206 valence electrons. The number of rotatable bonds is 8. The standard InChI is InChI=1S/C32H32N2O6/c1-20(35)22-15-16-34(29(18-22)31(37)38)30(36)28(17-21-9-3-2-4-10-21)33-32(39)40-19-27-25-13-7-5-11-23(25)24-12-6-8-14-26(24)27/h2-14,22,27-29H,15-19H2,1H3,(H,33,39)(H,37,38)/t22?,28-,29-/m0/s1. The van der Waals surface area contributed by atoms with Crippen LogP contribution in [0.4, 0.5) is 4.79 Å². The largest absolute Gasteiger partial charge is 0.480 e. The number of carboxylic acid groups (broad SMARTS) is 1. The van der Waals surface area contributed by atoms with Gasteiger partial charge in [-0.25, -0.2) is 9.59 Å². The van der Waals surface area contributed by atoms with E-state index in [2.05, 4.69) is 17.4 Å². The second kappa shape index (κ2) is 11.7. The first-order chi connectivity index (χ1) is 19.3. The van der Waals surface area contributed by atoms with Crippen LogP contribution >= 0.6 is 0 Å². The summed E-state index contributed by atoms with van der Waals surface area (Å²) in [6, 6.07) is 23.1. The van der Waals surface area contributed by atoms with Crippen molar-refractivity contribution in [3.63, 3.8) is 0 Å². The Morgan fingerprint density at radius 2 is 1.52 bits per heavy atom. The van der Waals surface area contributed by atoms with Crippen LogP contribution in [0.15, 0.2) is 78.9 Å². The van der Waals surface area contributed by atoms with Gasteiger partial charge in [-0.1, -0.05) is 78.9 Å². The molecule has 2 amide bonds. The number of fused-ring (bicyclic) bond motifs is 3. The van der Waals surface area contributed by atoms with Crippen molar-refractivity contribution in [2.45, 2.75) is 44.2 Å². The molecule has 5 rings (SSSR count). The highest BCUT2D eigenvalue weighted by atomic mass is 16.5. The van der Waals surface area contributed by atoms with Crippen molar-refractivity contribution in [3.05, 3.63) is 95.6 Å².